The Morgan fingerprint density at radius 3 is 2.28 bits per heavy atom. The minimum absolute atomic E-state index is 0.272. The van der Waals surface area contributed by atoms with E-state index in [9.17, 15) is 8.42 Å². The van der Waals surface area contributed by atoms with E-state index < -0.39 is 10.0 Å². The van der Waals surface area contributed by atoms with Crippen molar-refractivity contribution in [2.75, 3.05) is 32.7 Å². The molecule has 4 rings (SSSR count). The smallest absolute Gasteiger partial charge is 0.246 e. The first-order valence-corrected chi connectivity index (χ1v) is 12.5. The number of aromatic nitrogens is 4. The highest BCUT2D eigenvalue weighted by molar-refractivity contribution is 7.89. The number of benzene rings is 1. The maximum absolute atomic E-state index is 13.5. The first-order chi connectivity index (χ1) is 15.4. The summed E-state index contributed by atoms with van der Waals surface area (Å²) in [5.74, 6) is 0.496. The van der Waals surface area contributed by atoms with E-state index in [-0.39, 0.29) is 4.90 Å². The third kappa shape index (κ3) is 4.46. The average Bonchev–Trinajstić information content (AvgIpc) is 3.13. The number of sulfonamides is 1. The monoisotopic (exact) mass is 454 g/mol. The third-order valence-electron chi connectivity index (χ3n) is 5.92. The van der Waals surface area contributed by atoms with Gasteiger partial charge in [-0.3, -0.25) is 0 Å². The summed E-state index contributed by atoms with van der Waals surface area (Å²) < 4.78 is 30.1. The fraction of sp³-hybridized carbons (Fsp3) is 0.435. The molecule has 3 aromatic rings. The van der Waals surface area contributed by atoms with Crippen LogP contribution in [0.3, 0.4) is 0 Å². The van der Waals surface area contributed by atoms with E-state index >= 15 is 0 Å². The van der Waals surface area contributed by atoms with E-state index in [0.717, 1.165) is 43.7 Å². The zero-order valence-corrected chi connectivity index (χ0v) is 19.7. The van der Waals surface area contributed by atoms with Crippen LogP contribution in [0.4, 0.5) is 0 Å². The molecule has 0 unspecified atom stereocenters. The Kier molecular flexibility index (Phi) is 6.68. The van der Waals surface area contributed by atoms with Crippen molar-refractivity contribution in [1.29, 1.82) is 0 Å². The molecule has 3 heterocycles. The molecular weight excluding hydrogens is 424 g/mol. The highest BCUT2D eigenvalue weighted by Crippen LogP contribution is 2.26. The van der Waals surface area contributed by atoms with Gasteiger partial charge < -0.3 is 4.90 Å². The van der Waals surface area contributed by atoms with Gasteiger partial charge in [-0.15, -0.1) is 10.2 Å². The quantitative estimate of drug-likeness (QED) is 0.546. The van der Waals surface area contributed by atoms with Crippen molar-refractivity contribution in [3.05, 3.63) is 53.9 Å². The van der Waals surface area contributed by atoms with Gasteiger partial charge >= 0.3 is 0 Å². The molecule has 9 heteroatoms. The highest BCUT2D eigenvalue weighted by atomic mass is 32.2. The van der Waals surface area contributed by atoms with E-state index in [1.54, 1.807) is 22.8 Å². The molecule has 1 aliphatic rings. The van der Waals surface area contributed by atoms with Crippen LogP contribution < -0.4 is 0 Å². The zero-order valence-electron chi connectivity index (χ0n) is 18.9. The van der Waals surface area contributed by atoms with Crippen LogP contribution in [0, 0.1) is 13.8 Å². The number of hydrogen-bond acceptors (Lipinski definition) is 6. The van der Waals surface area contributed by atoms with Gasteiger partial charge in [-0.1, -0.05) is 43.7 Å². The Bertz CT molecular complexity index is 1150. The summed E-state index contributed by atoms with van der Waals surface area (Å²) in [7, 11) is -3.63. The van der Waals surface area contributed by atoms with Gasteiger partial charge in [-0.2, -0.15) is 9.40 Å². The van der Waals surface area contributed by atoms with Crippen LogP contribution in [0.25, 0.3) is 17.1 Å². The first-order valence-electron chi connectivity index (χ1n) is 11.1. The normalized spacial score (nSPS) is 15.8. The van der Waals surface area contributed by atoms with E-state index in [0.29, 0.717) is 30.3 Å². The summed E-state index contributed by atoms with van der Waals surface area (Å²) in [5.41, 5.74) is 2.76. The number of hydrogen-bond donors (Lipinski definition) is 0. The van der Waals surface area contributed by atoms with E-state index in [1.165, 1.54) is 0 Å². The molecular formula is C23H30N6O2S. The summed E-state index contributed by atoms with van der Waals surface area (Å²) in [5, 5.41) is 13.1. The van der Waals surface area contributed by atoms with Gasteiger partial charge in [-0.25, -0.2) is 13.1 Å². The van der Waals surface area contributed by atoms with Crippen molar-refractivity contribution >= 4 is 10.0 Å². The minimum Gasteiger partial charge on any atom is -0.301 e. The summed E-state index contributed by atoms with van der Waals surface area (Å²) in [6.45, 7) is 9.23. The van der Waals surface area contributed by atoms with Crippen molar-refractivity contribution in [3.63, 3.8) is 0 Å². The lowest BCUT2D eigenvalue weighted by Gasteiger charge is -2.33. The second-order valence-corrected chi connectivity index (χ2v) is 10.0. The Labute approximate surface area is 189 Å². The van der Waals surface area contributed by atoms with Crippen molar-refractivity contribution < 1.29 is 8.42 Å². The lowest BCUT2D eigenvalue weighted by Crippen LogP contribution is -2.48. The van der Waals surface area contributed by atoms with Crippen LogP contribution in [-0.4, -0.2) is 70.3 Å². The number of piperazine rings is 1. The van der Waals surface area contributed by atoms with Gasteiger partial charge in [0.05, 0.1) is 17.1 Å². The van der Waals surface area contributed by atoms with Crippen LogP contribution in [0.1, 0.15) is 31.2 Å². The second kappa shape index (κ2) is 9.48. The molecule has 0 spiro atoms. The largest absolute Gasteiger partial charge is 0.301 e. The lowest BCUT2D eigenvalue weighted by molar-refractivity contribution is 0.186. The highest BCUT2D eigenvalue weighted by Gasteiger charge is 2.33. The summed E-state index contributed by atoms with van der Waals surface area (Å²) in [6, 6.07) is 13.5. The van der Waals surface area contributed by atoms with E-state index in [1.807, 2.05) is 42.5 Å². The van der Waals surface area contributed by atoms with Crippen LogP contribution >= 0.6 is 0 Å². The van der Waals surface area contributed by atoms with Crippen molar-refractivity contribution in [1.82, 2.24) is 29.2 Å². The zero-order chi connectivity index (χ0) is 22.7. The van der Waals surface area contributed by atoms with Crippen LogP contribution in [0.2, 0.25) is 0 Å². The molecule has 0 saturated carbocycles. The van der Waals surface area contributed by atoms with Crippen molar-refractivity contribution in [3.8, 4) is 17.1 Å². The Hall–Kier alpha value is -2.62. The maximum Gasteiger partial charge on any atom is 0.246 e. The molecule has 1 aliphatic heterocycles. The number of rotatable bonds is 7. The molecule has 0 atom stereocenters. The molecule has 0 bridgehead atoms. The average molecular weight is 455 g/mol. The summed E-state index contributed by atoms with van der Waals surface area (Å²) in [4.78, 5) is 2.61. The third-order valence-corrected chi connectivity index (χ3v) is 8.07. The Morgan fingerprint density at radius 2 is 1.66 bits per heavy atom. The Morgan fingerprint density at radius 1 is 0.938 bits per heavy atom. The molecule has 8 nitrogen and oxygen atoms in total. The van der Waals surface area contributed by atoms with Crippen LogP contribution in [0.5, 0.6) is 0 Å². The second-order valence-electron chi connectivity index (χ2n) is 8.15. The van der Waals surface area contributed by atoms with Gasteiger partial charge in [-0.05, 0) is 38.9 Å². The molecule has 0 radical (unpaired) electrons. The van der Waals surface area contributed by atoms with Crippen LogP contribution in [0.15, 0.2) is 47.4 Å². The minimum atomic E-state index is -3.63. The van der Waals surface area contributed by atoms with E-state index in [4.69, 9.17) is 0 Å². The topological polar surface area (TPSA) is 84.2 Å². The molecule has 0 amide bonds. The predicted octanol–water partition coefficient (Wildman–Crippen LogP) is 3.05. The number of unbranched alkanes of at least 4 members (excludes halogenated alkanes) is 1. The molecule has 2 aromatic heterocycles. The molecule has 32 heavy (non-hydrogen) atoms. The van der Waals surface area contributed by atoms with Gasteiger partial charge in [0.25, 0.3) is 0 Å². The molecule has 0 N–H and O–H groups in total. The van der Waals surface area contributed by atoms with Gasteiger partial charge in [0, 0.05) is 31.7 Å². The molecule has 170 valence electrons. The first kappa shape index (κ1) is 22.6. The molecule has 1 fully saturated rings. The number of nitrogens with zero attached hydrogens (tertiary/aromatic N) is 6. The van der Waals surface area contributed by atoms with Gasteiger partial charge in [0.1, 0.15) is 4.90 Å². The lowest BCUT2D eigenvalue weighted by atomic mass is 10.1. The summed E-state index contributed by atoms with van der Waals surface area (Å²) >= 11 is 0. The van der Waals surface area contributed by atoms with E-state index in [2.05, 4.69) is 27.1 Å². The SMILES string of the molecule is CCCCN1CCN(S(=O)(=O)c2c(C)nn(-c3ccc(-c4ccccc4)nn3)c2C)CC1. The predicted molar refractivity (Wildman–Crippen MR) is 124 cm³/mol. The molecule has 1 saturated heterocycles. The fourth-order valence-electron chi connectivity index (χ4n) is 4.13. The Balaban J connectivity index is 1.57. The summed E-state index contributed by atoms with van der Waals surface area (Å²) in [6.07, 6.45) is 2.28. The van der Waals surface area contributed by atoms with Crippen LogP contribution in [-0.2, 0) is 10.0 Å². The fourth-order valence-corrected chi connectivity index (χ4v) is 5.91. The van der Waals surface area contributed by atoms with Gasteiger partial charge in [0.2, 0.25) is 10.0 Å². The standard InChI is InChI=1S/C23H30N6O2S/c1-4-5-13-27-14-16-28(17-15-27)32(30,31)23-18(2)26-29(19(23)3)22-12-11-21(24-25-22)20-9-7-6-8-10-20/h6-12H,4-5,13-17H2,1-3H3. The van der Waals surface area contributed by atoms with Gasteiger partial charge in [0.15, 0.2) is 5.82 Å². The molecule has 0 aliphatic carbocycles. The maximum atomic E-state index is 13.5. The molecule has 1 aromatic carbocycles. The van der Waals surface area contributed by atoms with Crippen molar-refractivity contribution in [2.24, 2.45) is 0 Å². The number of aryl methyl sites for hydroxylation is 1. The van der Waals surface area contributed by atoms with Crippen molar-refractivity contribution in [2.45, 2.75) is 38.5 Å².